The van der Waals surface area contributed by atoms with Gasteiger partial charge in [0.25, 0.3) is 0 Å². The highest BCUT2D eigenvalue weighted by molar-refractivity contribution is 5.90. The number of hydrogen-bond donors (Lipinski definition) is 3. The summed E-state index contributed by atoms with van der Waals surface area (Å²) in [5.41, 5.74) is 5.04. The van der Waals surface area contributed by atoms with Crippen LogP contribution in [0.4, 0.5) is 0 Å². The molecule has 31 heavy (non-hydrogen) atoms. The summed E-state index contributed by atoms with van der Waals surface area (Å²) < 4.78 is 0. The molecule has 0 atom stereocenters. The van der Waals surface area contributed by atoms with Crippen LogP contribution in [-0.2, 0) is 4.79 Å². The minimum atomic E-state index is -1.11. The number of unbranched alkanes of at least 4 members (excludes halogenated alkanes) is 14. The van der Waals surface area contributed by atoms with Gasteiger partial charge in [-0.1, -0.05) is 109 Å². The molecule has 0 aliphatic carbocycles. The third kappa shape index (κ3) is 21.7. The molecule has 5 nitrogen and oxygen atoms in total. The van der Waals surface area contributed by atoms with Crippen molar-refractivity contribution >= 4 is 34.9 Å². The average molecular weight is 446 g/mol. The monoisotopic (exact) mass is 445 g/mol. The maximum Gasteiger partial charge on any atom is 0.339 e. The lowest BCUT2D eigenvalue weighted by Crippen LogP contribution is -2.09. The third-order valence-corrected chi connectivity index (χ3v) is 5.16. The number of carboxylic acids is 1. The summed E-state index contributed by atoms with van der Waals surface area (Å²) in [5.74, 6) is -1.47. The Hall–Kier alpha value is -1.27. The SMILES string of the molecule is CCCCCCCCCCCCCCCCCC(N)=O.O=C(O)c1ccccc1O.[Mg]. The lowest BCUT2D eigenvalue weighted by molar-refractivity contribution is -0.118. The average Bonchev–Trinajstić information content (AvgIpc) is 2.71. The molecule has 174 valence electrons. The fraction of sp³-hybridized carbons (Fsp3) is 0.680. The van der Waals surface area contributed by atoms with Gasteiger partial charge in [-0.3, -0.25) is 4.79 Å². The van der Waals surface area contributed by atoms with Gasteiger partial charge in [0.15, 0.2) is 0 Å². The molecule has 1 aromatic carbocycles. The van der Waals surface area contributed by atoms with Gasteiger partial charge in [-0.05, 0) is 18.6 Å². The first kappa shape index (κ1) is 31.9. The smallest absolute Gasteiger partial charge is 0.339 e. The van der Waals surface area contributed by atoms with Gasteiger partial charge in [0.2, 0.25) is 5.91 Å². The predicted octanol–water partition coefficient (Wildman–Crippen LogP) is 6.44. The molecule has 0 bridgehead atoms. The molecule has 0 unspecified atom stereocenters. The first-order valence-electron chi connectivity index (χ1n) is 11.8. The Morgan fingerprint density at radius 2 is 1.13 bits per heavy atom. The molecule has 0 spiro atoms. The number of rotatable bonds is 17. The van der Waals surface area contributed by atoms with Crippen LogP contribution in [0, 0.1) is 0 Å². The first-order valence-corrected chi connectivity index (χ1v) is 11.8. The first-order chi connectivity index (χ1) is 14.5. The molecule has 6 heteroatoms. The van der Waals surface area contributed by atoms with Crippen molar-refractivity contribution in [3.05, 3.63) is 29.8 Å². The van der Waals surface area contributed by atoms with Gasteiger partial charge in [-0.25, -0.2) is 4.79 Å². The Kier molecular flexibility index (Phi) is 24.1. The minimum Gasteiger partial charge on any atom is -0.507 e. The van der Waals surface area contributed by atoms with Crippen LogP contribution in [0.2, 0.25) is 0 Å². The Morgan fingerprint density at radius 3 is 1.45 bits per heavy atom. The standard InChI is InChI=1S/C18H37NO.C7H6O3.Mg/c1-2-3-4-5-6-7-8-9-10-11-12-13-14-15-16-17-18(19)20;8-6-4-2-1-3-5(6)7(9)10;/h2-17H2,1H3,(H2,19,20);1-4,8H,(H,9,10);. The number of benzene rings is 1. The van der Waals surface area contributed by atoms with Crippen LogP contribution in [0.5, 0.6) is 5.75 Å². The predicted molar refractivity (Wildman–Crippen MR) is 130 cm³/mol. The van der Waals surface area contributed by atoms with Crippen molar-refractivity contribution in [2.45, 2.75) is 110 Å². The lowest BCUT2D eigenvalue weighted by atomic mass is 10.0. The lowest BCUT2D eigenvalue weighted by Gasteiger charge is -2.03. The summed E-state index contributed by atoms with van der Waals surface area (Å²) in [6.07, 6.45) is 20.9. The van der Waals surface area contributed by atoms with E-state index >= 15 is 0 Å². The normalized spacial score (nSPS) is 9.97. The summed E-state index contributed by atoms with van der Waals surface area (Å²) in [7, 11) is 0. The number of aromatic carboxylic acids is 1. The van der Waals surface area contributed by atoms with E-state index in [1.807, 2.05) is 0 Å². The van der Waals surface area contributed by atoms with E-state index in [1.54, 1.807) is 12.1 Å². The molecular formula is C25H43MgNO4. The van der Waals surface area contributed by atoms with Crippen LogP contribution in [0.25, 0.3) is 0 Å². The van der Waals surface area contributed by atoms with E-state index in [0.717, 1.165) is 6.42 Å². The van der Waals surface area contributed by atoms with Crippen molar-refractivity contribution in [3.8, 4) is 5.75 Å². The zero-order chi connectivity index (χ0) is 22.5. The summed E-state index contributed by atoms with van der Waals surface area (Å²) in [4.78, 5) is 20.8. The van der Waals surface area contributed by atoms with Crippen LogP contribution in [0.3, 0.4) is 0 Å². The fourth-order valence-corrected chi connectivity index (χ4v) is 3.33. The van der Waals surface area contributed by atoms with E-state index < -0.39 is 5.97 Å². The number of para-hydroxylation sites is 1. The molecule has 1 rings (SSSR count). The summed E-state index contributed by atoms with van der Waals surface area (Å²) in [5, 5.41) is 17.3. The van der Waals surface area contributed by atoms with Crippen LogP contribution < -0.4 is 5.73 Å². The van der Waals surface area contributed by atoms with Gasteiger partial charge in [-0.15, -0.1) is 0 Å². The van der Waals surface area contributed by atoms with E-state index in [4.69, 9.17) is 15.9 Å². The number of amides is 1. The number of carbonyl (C=O) groups excluding carboxylic acids is 1. The molecule has 1 aromatic rings. The highest BCUT2D eigenvalue weighted by Gasteiger charge is 2.05. The highest BCUT2D eigenvalue weighted by atomic mass is 24.3. The van der Waals surface area contributed by atoms with Crippen LogP contribution >= 0.6 is 0 Å². The second kappa shape index (κ2) is 23.4. The van der Waals surface area contributed by atoms with Crippen molar-refractivity contribution in [1.29, 1.82) is 0 Å². The van der Waals surface area contributed by atoms with Gasteiger partial charge in [-0.2, -0.15) is 0 Å². The molecule has 2 radical (unpaired) electrons. The van der Waals surface area contributed by atoms with Gasteiger partial charge < -0.3 is 15.9 Å². The van der Waals surface area contributed by atoms with Gasteiger partial charge >= 0.3 is 5.97 Å². The zero-order valence-electron chi connectivity index (χ0n) is 19.6. The molecular weight excluding hydrogens is 403 g/mol. The Labute approximate surface area is 205 Å². The number of phenols is 1. The number of carbonyl (C=O) groups is 2. The Morgan fingerprint density at radius 1 is 0.742 bits per heavy atom. The topological polar surface area (TPSA) is 101 Å². The quantitative estimate of drug-likeness (QED) is 0.189. The minimum absolute atomic E-state index is 0. The second-order valence-corrected chi connectivity index (χ2v) is 7.99. The molecule has 0 aliphatic rings. The largest absolute Gasteiger partial charge is 0.507 e. The molecule has 0 saturated heterocycles. The number of hydrogen-bond acceptors (Lipinski definition) is 3. The fourth-order valence-electron chi connectivity index (χ4n) is 3.33. The van der Waals surface area contributed by atoms with Crippen LogP contribution in [-0.4, -0.2) is 45.1 Å². The van der Waals surface area contributed by atoms with E-state index in [2.05, 4.69) is 6.92 Å². The highest BCUT2D eigenvalue weighted by Crippen LogP contribution is 2.15. The number of carboxylic acid groups (broad SMARTS) is 1. The summed E-state index contributed by atoms with van der Waals surface area (Å²) in [6.45, 7) is 2.28. The summed E-state index contributed by atoms with van der Waals surface area (Å²) >= 11 is 0. The number of aromatic hydroxyl groups is 1. The molecule has 0 aliphatic heterocycles. The molecule has 0 heterocycles. The molecule has 0 fully saturated rings. The van der Waals surface area contributed by atoms with Crippen molar-refractivity contribution in [2.75, 3.05) is 0 Å². The second-order valence-electron chi connectivity index (χ2n) is 7.99. The molecule has 1 amide bonds. The zero-order valence-corrected chi connectivity index (χ0v) is 21.0. The van der Waals surface area contributed by atoms with Crippen LogP contribution in [0.15, 0.2) is 24.3 Å². The number of primary amides is 1. The van der Waals surface area contributed by atoms with Crippen molar-refractivity contribution < 1.29 is 19.8 Å². The third-order valence-electron chi connectivity index (χ3n) is 5.16. The summed E-state index contributed by atoms with van der Waals surface area (Å²) in [6, 6.07) is 5.81. The van der Waals surface area contributed by atoms with Crippen LogP contribution in [0.1, 0.15) is 120 Å². The van der Waals surface area contributed by atoms with E-state index in [0.29, 0.717) is 6.42 Å². The van der Waals surface area contributed by atoms with Crippen molar-refractivity contribution in [3.63, 3.8) is 0 Å². The van der Waals surface area contributed by atoms with Crippen molar-refractivity contribution in [2.24, 2.45) is 5.73 Å². The van der Waals surface area contributed by atoms with E-state index in [1.165, 1.54) is 102 Å². The molecule has 4 N–H and O–H groups in total. The molecule has 0 aromatic heterocycles. The van der Waals surface area contributed by atoms with E-state index in [-0.39, 0.29) is 40.3 Å². The van der Waals surface area contributed by atoms with Gasteiger partial charge in [0, 0.05) is 29.5 Å². The van der Waals surface area contributed by atoms with Gasteiger partial charge in [0.1, 0.15) is 11.3 Å². The number of nitrogens with two attached hydrogens (primary N) is 1. The van der Waals surface area contributed by atoms with Crippen molar-refractivity contribution in [1.82, 2.24) is 0 Å². The molecule has 0 saturated carbocycles. The Bertz CT molecular complexity index is 566. The van der Waals surface area contributed by atoms with E-state index in [9.17, 15) is 9.59 Å². The Balaban J connectivity index is 0. The maximum atomic E-state index is 10.6. The maximum absolute atomic E-state index is 10.6. The van der Waals surface area contributed by atoms with Gasteiger partial charge in [0.05, 0.1) is 0 Å².